The predicted molar refractivity (Wildman–Crippen MR) is 113 cm³/mol. The van der Waals surface area contributed by atoms with Crippen LogP contribution >= 0.6 is 15.9 Å². The number of hydrazine groups is 1. The Kier molecular flexibility index (Phi) is 6.86. The van der Waals surface area contributed by atoms with Gasteiger partial charge in [-0.2, -0.15) is 0 Å². The number of benzene rings is 3. The second-order valence-electron chi connectivity index (χ2n) is 6.06. The number of carbonyl (C=O) groups is 2. The van der Waals surface area contributed by atoms with E-state index in [0.29, 0.717) is 33.7 Å². The van der Waals surface area contributed by atoms with Gasteiger partial charge in [-0.15, -0.1) is 0 Å². The van der Waals surface area contributed by atoms with Crippen molar-refractivity contribution in [1.29, 1.82) is 0 Å². The molecule has 148 valence electrons. The lowest BCUT2D eigenvalue weighted by Crippen LogP contribution is -2.41. The number of hydrogen-bond acceptors (Lipinski definition) is 4. The number of rotatable bonds is 6. The highest BCUT2D eigenvalue weighted by atomic mass is 79.9. The Morgan fingerprint density at radius 3 is 2.10 bits per heavy atom. The highest BCUT2D eigenvalue weighted by molar-refractivity contribution is 9.10. The molecule has 0 aromatic heterocycles. The Bertz CT molecular complexity index is 991. The van der Waals surface area contributed by atoms with Gasteiger partial charge in [-0.1, -0.05) is 30.3 Å². The molecule has 0 atom stereocenters. The molecule has 2 amide bonds. The first-order valence-corrected chi connectivity index (χ1v) is 9.57. The topological polar surface area (TPSA) is 76.7 Å². The SMILES string of the molecule is COc1ccc(C(=O)NNC(=O)c2ccc(OCc3ccccc3)cc2)cc1Br. The summed E-state index contributed by atoms with van der Waals surface area (Å²) < 4.78 is 11.5. The zero-order valence-corrected chi connectivity index (χ0v) is 17.2. The zero-order chi connectivity index (χ0) is 20.6. The van der Waals surface area contributed by atoms with Crippen LogP contribution < -0.4 is 20.3 Å². The van der Waals surface area contributed by atoms with Gasteiger partial charge in [0.1, 0.15) is 18.1 Å². The summed E-state index contributed by atoms with van der Waals surface area (Å²) in [6.07, 6.45) is 0. The van der Waals surface area contributed by atoms with Crippen LogP contribution in [0.4, 0.5) is 0 Å². The molecule has 0 aliphatic carbocycles. The Morgan fingerprint density at radius 1 is 0.862 bits per heavy atom. The maximum atomic E-state index is 12.2. The number of ether oxygens (including phenoxy) is 2. The molecule has 0 saturated carbocycles. The molecular weight excluding hydrogens is 436 g/mol. The van der Waals surface area contributed by atoms with E-state index in [0.717, 1.165) is 5.56 Å². The zero-order valence-electron chi connectivity index (χ0n) is 15.6. The van der Waals surface area contributed by atoms with Gasteiger partial charge in [-0.25, -0.2) is 0 Å². The van der Waals surface area contributed by atoms with E-state index in [4.69, 9.17) is 9.47 Å². The first-order valence-electron chi connectivity index (χ1n) is 8.78. The van der Waals surface area contributed by atoms with Gasteiger partial charge in [0.15, 0.2) is 0 Å². The maximum Gasteiger partial charge on any atom is 0.269 e. The molecule has 3 rings (SSSR count). The van der Waals surface area contributed by atoms with Crippen molar-refractivity contribution in [3.8, 4) is 11.5 Å². The summed E-state index contributed by atoms with van der Waals surface area (Å²) >= 11 is 3.32. The van der Waals surface area contributed by atoms with Crippen LogP contribution in [-0.2, 0) is 6.61 Å². The van der Waals surface area contributed by atoms with Crippen LogP contribution in [-0.4, -0.2) is 18.9 Å². The summed E-state index contributed by atoms with van der Waals surface area (Å²) in [5.41, 5.74) is 6.62. The average Bonchev–Trinajstić information content (AvgIpc) is 2.76. The van der Waals surface area contributed by atoms with Crippen LogP contribution in [0.15, 0.2) is 77.3 Å². The van der Waals surface area contributed by atoms with E-state index >= 15 is 0 Å². The Labute approximate surface area is 176 Å². The third kappa shape index (κ3) is 5.58. The van der Waals surface area contributed by atoms with Gasteiger partial charge in [0.05, 0.1) is 11.6 Å². The lowest BCUT2D eigenvalue weighted by molar-refractivity contribution is 0.0846. The van der Waals surface area contributed by atoms with Crippen molar-refractivity contribution in [2.45, 2.75) is 6.61 Å². The first kappa shape index (κ1) is 20.4. The second-order valence-corrected chi connectivity index (χ2v) is 6.91. The molecule has 0 radical (unpaired) electrons. The van der Waals surface area contributed by atoms with Crippen molar-refractivity contribution in [3.63, 3.8) is 0 Å². The summed E-state index contributed by atoms with van der Waals surface area (Å²) in [6.45, 7) is 0.444. The van der Waals surface area contributed by atoms with Crippen molar-refractivity contribution in [2.24, 2.45) is 0 Å². The van der Waals surface area contributed by atoms with Gasteiger partial charge in [-0.3, -0.25) is 20.4 Å². The molecule has 0 heterocycles. The van der Waals surface area contributed by atoms with Crippen molar-refractivity contribution in [1.82, 2.24) is 10.9 Å². The lowest BCUT2D eigenvalue weighted by Gasteiger charge is -2.10. The van der Waals surface area contributed by atoms with Crippen molar-refractivity contribution in [2.75, 3.05) is 7.11 Å². The third-order valence-electron chi connectivity index (χ3n) is 4.07. The number of methoxy groups -OCH3 is 1. The minimum Gasteiger partial charge on any atom is -0.496 e. The minimum absolute atomic E-state index is 0.377. The molecular formula is C22H19BrN2O4. The van der Waals surface area contributed by atoms with Crippen LogP contribution in [0.2, 0.25) is 0 Å². The second kappa shape index (κ2) is 9.75. The van der Waals surface area contributed by atoms with E-state index in [-0.39, 0.29) is 0 Å². The number of nitrogens with one attached hydrogen (secondary N) is 2. The number of amides is 2. The highest BCUT2D eigenvalue weighted by Gasteiger charge is 2.11. The molecule has 0 aliphatic heterocycles. The lowest BCUT2D eigenvalue weighted by atomic mass is 10.2. The van der Waals surface area contributed by atoms with Crippen molar-refractivity contribution in [3.05, 3.63) is 94.0 Å². The summed E-state index contributed by atoms with van der Waals surface area (Å²) in [4.78, 5) is 24.4. The molecule has 3 aromatic carbocycles. The quantitative estimate of drug-likeness (QED) is 0.549. The van der Waals surface area contributed by atoms with E-state index in [9.17, 15) is 9.59 Å². The monoisotopic (exact) mass is 454 g/mol. The van der Waals surface area contributed by atoms with Crippen molar-refractivity contribution >= 4 is 27.7 Å². The summed E-state index contributed by atoms with van der Waals surface area (Å²) in [6, 6.07) is 21.4. The molecule has 0 aliphatic rings. The Hall–Kier alpha value is -3.32. The fraction of sp³-hybridized carbons (Fsp3) is 0.0909. The Morgan fingerprint density at radius 2 is 1.48 bits per heavy atom. The molecule has 7 heteroatoms. The van der Waals surface area contributed by atoms with Gasteiger partial charge in [0, 0.05) is 11.1 Å². The van der Waals surface area contributed by atoms with Crippen molar-refractivity contribution < 1.29 is 19.1 Å². The molecule has 0 fully saturated rings. The van der Waals surface area contributed by atoms with Crippen LogP contribution in [0.3, 0.4) is 0 Å². The van der Waals surface area contributed by atoms with E-state index in [1.165, 1.54) is 7.11 Å². The fourth-order valence-electron chi connectivity index (χ4n) is 2.51. The van der Waals surface area contributed by atoms with Crippen LogP contribution in [0.5, 0.6) is 11.5 Å². The van der Waals surface area contributed by atoms with Gasteiger partial charge in [0.25, 0.3) is 11.8 Å². The standard InChI is InChI=1S/C22H19BrN2O4/c1-28-20-12-9-17(13-19(20)23)22(27)25-24-21(26)16-7-10-18(11-8-16)29-14-15-5-3-2-4-6-15/h2-13H,14H2,1H3,(H,24,26)(H,25,27). The van der Waals surface area contributed by atoms with Gasteiger partial charge in [0.2, 0.25) is 0 Å². The molecule has 29 heavy (non-hydrogen) atoms. The van der Waals surface area contributed by atoms with Crippen LogP contribution in [0, 0.1) is 0 Å². The molecule has 0 spiro atoms. The molecule has 0 saturated heterocycles. The number of halogens is 1. The van der Waals surface area contributed by atoms with Gasteiger partial charge in [-0.05, 0) is 64.0 Å². The summed E-state index contributed by atoms with van der Waals surface area (Å²) in [5.74, 6) is 0.391. The molecule has 3 aromatic rings. The third-order valence-corrected chi connectivity index (χ3v) is 4.69. The van der Waals surface area contributed by atoms with Gasteiger partial charge >= 0.3 is 0 Å². The first-order chi connectivity index (χ1) is 14.1. The predicted octanol–water partition coefficient (Wildman–Crippen LogP) is 4.11. The average molecular weight is 455 g/mol. The number of hydrogen-bond donors (Lipinski definition) is 2. The fourth-order valence-corrected chi connectivity index (χ4v) is 3.05. The maximum absolute atomic E-state index is 12.2. The summed E-state index contributed by atoms with van der Waals surface area (Å²) in [7, 11) is 1.54. The normalized spacial score (nSPS) is 10.1. The van der Waals surface area contributed by atoms with E-state index in [2.05, 4.69) is 26.8 Å². The molecule has 6 nitrogen and oxygen atoms in total. The molecule has 2 N–H and O–H groups in total. The molecule has 0 bridgehead atoms. The van der Waals surface area contributed by atoms with Gasteiger partial charge < -0.3 is 9.47 Å². The largest absolute Gasteiger partial charge is 0.496 e. The van der Waals surface area contributed by atoms with Crippen LogP contribution in [0.25, 0.3) is 0 Å². The minimum atomic E-state index is -0.440. The Balaban J connectivity index is 1.52. The summed E-state index contributed by atoms with van der Waals surface area (Å²) in [5, 5.41) is 0. The highest BCUT2D eigenvalue weighted by Crippen LogP contribution is 2.25. The smallest absolute Gasteiger partial charge is 0.269 e. The molecule has 0 unspecified atom stereocenters. The van der Waals surface area contributed by atoms with E-state index in [1.54, 1.807) is 42.5 Å². The number of carbonyl (C=O) groups excluding carboxylic acids is 2. The van der Waals surface area contributed by atoms with Crippen LogP contribution in [0.1, 0.15) is 26.3 Å². The van der Waals surface area contributed by atoms with E-state index in [1.807, 2.05) is 30.3 Å². The van der Waals surface area contributed by atoms with E-state index < -0.39 is 11.8 Å².